The van der Waals surface area contributed by atoms with Gasteiger partial charge < -0.3 is 36.3 Å². The number of carbonyl (C=O) groups excluding carboxylic acids is 3. The standard InChI is InChI=1S/C33H44ClN7O4S2/c34-27-10-4-5-11-29(27)45-33(44)39-16-17-41(28(22-39)31(42)37-21-25-9-6-18-46-25)32(43)30(38-24-7-2-1-3-8-24)23-12-14-40(15-13-23)47-26(19-35)20-36/h4-6,9-11,18-20,23-24,28,30,35,38H,1-3,7-8,12-17,21-22,36H2,(H,37,42)/t28-,30+/m0/s1. The maximum Gasteiger partial charge on any atom is 0.415 e. The third-order valence-corrected chi connectivity index (χ3v) is 11.3. The second-order valence-electron chi connectivity index (χ2n) is 12.1. The summed E-state index contributed by atoms with van der Waals surface area (Å²) in [6, 6.07) is 9.54. The summed E-state index contributed by atoms with van der Waals surface area (Å²) in [5.41, 5.74) is 5.67. The molecule has 47 heavy (non-hydrogen) atoms. The van der Waals surface area contributed by atoms with Gasteiger partial charge in [-0.15, -0.1) is 11.3 Å². The molecule has 1 aromatic heterocycles. The number of nitrogens with one attached hydrogen (secondary N) is 3. The molecule has 0 bridgehead atoms. The van der Waals surface area contributed by atoms with Crippen LogP contribution in [0.1, 0.15) is 49.8 Å². The van der Waals surface area contributed by atoms with Crippen LogP contribution in [0.4, 0.5) is 4.79 Å². The van der Waals surface area contributed by atoms with Gasteiger partial charge in [-0.05, 0) is 67.1 Å². The van der Waals surface area contributed by atoms with E-state index < -0.39 is 18.2 Å². The van der Waals surface area contributed by atoms with Gasteiger partial charge in [-0.2, -0.15) is 0 Å². The molecule has 11 nitrogen and oxygen atoms in total. The summed E-state index contributed by atoms with van der Waals surface area (Å²) in [6.07, 6.45) is 9.17. The molecule has 2 atom stereocenters. The van der Waals surface area contributed by atoms with Crippen LogP contribution in [-0.4, -0.2) is 89.1 Å². The van der Waals surface area contributed by atoms with Gasteiger partial charge in [0.1, 0.15) is 6.04 Å². The van der Waals surface area contributed by atoms with Crippen molar-refractivity contribution in [3.05, 3.63) is 62.8 Å². The molecule has 1 saturated carbocycles. The van der Waals surface area contributed by atoms with Gasteiger partial charge in [-0.1, -0.05) is 49.1 Å². The molecule has 2 aromatic rings. The molecule has 1 aromatic carbocycles. The number of para-hydroxylation sites is 1. The molecule has 0 spiro atoms. The SMILES string of the molecule is N=CC(=CN)SN1CCC([C@@H](NC2CCCCC2)C(=O)N2CCN(C(=O)Oc3ccccc3Cl)C[C@H]2C(=O)NCc2cccs2)CC1. The highest BCUT2D eigenvalue weighted by Crippen LogP contribution is 2.31. The molecule has 5 rings (SSSR count). The van der Waals surface area contributed by atoms with E-state index in [0.717, 1.165) is 56.5 Å². The Morgan fingerprint density at radius 3 is 2.51 bits per heavy atom. The minimum Gasteiger partial charge on any atom is -0.409 e. The van der Waals surface area contributed by atoms with Crippen LogP contribution in [0.5, 0.6) is 5.75 Å². The van der Waals surface area contributed by atoms with Crippen molar-refractivity contribution in [1.82, 2.24) is 24.7 Å². The maximum absolute atomic E-state index is 14.6. The zero-order valence-electron chi connectivity index (χ0n) is 26.4. The Morgan fingerprint density at radius 1 is 1.06 bits per heavy atom. The lowest BCUT2D eigenvalue weighted by Gasteiger charge is -2.44. The number of piperazine rings is 1. The quantitative estimate of drug-likeness (QED) is 0.193. The highest BCUT2D eigenvalue weighted by Gasteiger charge is 2.43. The number of piperidine rings is 1. The zero-order chi connectivity index (χ0) is 33.2. The van der Waals surface area contributed by atoms with Crippen LogP contribution in [0.3, 0.4) is 0 Å². The van der Waals surface area contributed by atoms with Crippen LogP contribution in [0.2, 0.25) is 5.02 Å². The summed E-state index contributed by atoms with van der Waals surface area (Å²) in [7, 11) is 0. The average Bonchev–Trinajstić information content (AvgIpc) is 3.63. The Balaban J connectivity index is 1.33. The number of rotatable bonds is 11. The van der Waals surface area contributed by atoms with Gasteiger partial charge in [0.15, 0.2) is 5.75 Å². The van der Waals surface area contributed by atoms with Crippen molar-refractivity contribution in [3.8, 4) is 5.75 Å². The Kier molecular flexibility index (Phi) is 13.0. The van der Waals surface area contributed by atoms with E-state index >= 15 is 0 Å². The van der Waals surface area contributed by atoms with E-state index in [4.69, 9.17) is 27.5 Å². The molecule has 2 aliphatic heterocycles. The molecule has 3 heterocycles. The smallest absolute Gasteiger partial charge is 0.409 e. The van der Waals surface area contributed by atoms with Crippen molar-refractivity contribution in [2.24, 2.45) is 11.7 Å². The molecule has 14 heteroatoms. The number of hydrogen-bond acceptors (Lipinski definition) is 10. The predicted molar refractivity (Wildman–Crippen MR) is 187 cm³/mol. The lowest BCUT2D eigenvalue weighted by molar-refractivity contribution is -0.146. The number of thiophene rings is 1. The normalized spacial score (nSPS) is 20.9. The Morgan fingerprint density at radius 2 is 1.83 bits per heavy atom. The lowest BCUT2D eigenvalue weighted by Crippen LogP contribution is -2.65. The molecule has 0 unspecified atom stereocenters. The van der Waals surface area contributed by atoms with E-state index in [1.54, 1.807) is 40.5 Å². The van der Waals surface area contributed by atoms with Gasteiger partial charge in [0.25, 0.3) is 0 Å². The average molecular weight is 702 g/mol. The van der Waals surface area contributed by atoms with Crippen LogP contribution >= 0.6 is 34.9 Å². The predicted octanol–water partition coefficient (Wildman–Crippen LogP) is 4.83. The Hall–Kier alpha value is -3.10. The van der Waals surface area contributed by atoms with Gasteiger partial charge in [0, 0.05) is 49.5 Å². The molecule has 3 fully saturated rings. The summed E-state index contributed by atoms with van der Waals surface area (Å²) >= 11 is 9.25. The van der Waals surface area contributed by atoms with Crippen molar-refractivity contribution in [2.45, 2.75) is 69.6 Å². The Labute approximate surface area is 289 Å². The van der Waals surface area contributed by atoms with E-state index in [9.17, 15) is 14.4 Å². The molecular weight excluding hydrogens is 658 g/mol. The van der Waals surface area contributed by atoms with Crippen LogP contribution in [-0.2, 0) is 16.1 Å². The van der Waals surface area contributed by atoms with Crippen molar-refractivity contribution in [2.75, 3.05) is 32.7 Å². The number of nitrogens with two attached hydrogens (primary N) is 1. The Bertz CT molecular complexity index is 1400. The minimum atomic E-state index is -0.883. The number of nitrogens with zero attached hydrogens (tertiary/aromatic N) is 3. The summed E-state index contributed by atoms with van der Waals surface area (Å²) in [6.45, 7) is 2.29. The summed E-state index contributed by atoms with van der Waals surface area (Å²) in [5.74, 6) is -0.0894. The highest BCUT2D eigenvalue weighted by atomic mass is 35.5. The fraction of sp³-hybridized carbons (Fsp3) is 0.515. The van der Waals surface area contributed by atoms with Gasteiger partial charge in [-0.25, -0.2) is 9.10 Å². The third kappa shape index (κ3) is 9.50. The molecule has 3 amide bonds. The number of ether oxygens (including phenoxy) is 1. The first-order chi connectivity index (χ1) is 22.9. The number of halogens is 1. The molecule has 5 N–H and O–H groups in total. The first-order valence-corrected chi connectivity index (χ1v) is 18.3. The lowest BCUT2D eigenvalue weighted by atomic mass is 9.86. The van der Waals surface area contributed by atoms with Crippen molar-refractivity contribution in [1.29, 1.82) is 5.41 Å². The van der Waals surface area contributed by atoms with Crippen molar-refractivity contribution in [3.63, 3.8) is 0 Å². The van der Waals surface area contributed by atoms with Crippen LogP contribution in [0, 0.1) is 11.3 Å². The van der Waals surface area contributed by atoms with Gasteiger partial charge >= 0.3 is 6.09 Å². The summed E-state index contributed by atoms with van der Waals surface area (Å²) < 4.78 is 7.79. The largest absolute Gasteiger partial charge is 0.415 e. The van der Waals surface area contributed by atoms with Gasteiger partial charge in [0.2, 0.25) is 11.8 Å². The first-order valence-electron chi connectivity index (χ1n) is 16.3. The van der Waals surface area contributed by atoms with Gasteiger partial charge in [0.05, 0.1) is 29.1 Å². The van der Waals surface area contributed by atoms with Crippen LogP contribution < -0.4 is 21.1 Å². The van der Waals surface area contributed by atoms with Crippen LogP contribution in [0.15, 0.2) is 52.9 Å². The second kappa shape index (κ2) is 17.3. The summed E-state index contributed by atoms with van der Waals surface area (Å²) in [4.78, 5) is 46.6. The van der Waals surface area contributed by atoms with E-state index in [-0.39, 0.29) is 49.2 Å². The fourth-order valence-corrected chi connectivity index (χ4v) is 8.12. The monoisotopic (exact) mass is 701 g/mol. The van der Waals surface area contributed by atoms with Crippen molar-refractivity contribution >= 4 is 59.0 Å². The molecule has 1 aliphatic carbocycles. The third-order valence-electron chi connectivity index (χ3n) is 9.07. The highest BCUT2D eigenvalue weighted by molar-refractivity contribution is 8.01. The van der Waals surface area contributed by atoms with E-state index in [1.165, 1.54) is 35.7 Å². The van der Waals surface area contributed by atoms with E-state index in [2.05, 4.69) is 14.9 Å². The molecule has 254 valence electrons. The number of benzene rings is 1. The van der Waals surface area contributed by atoms with E-state index in [1.807, 2.05) is 17.5 Å². The zero-order valence-corrected chi connectivity index (χ0v) is 28.8. The van der Waals surface area contributed by atoms with Crippen molar-refractivity contribution < 1.29 is 19.1 Å². The van der Waals surface area contributed by atoms with Gasteiger partial charge in [-0.3, -0.25) is 9.59 Å². The van der Waals surface area contributed by atoms with Crippen LogP contribution in [0.25, 0.3) is 0 Å². The molecule has 3 aliphatic rings. The number of hydrogen-bond donors (Lipinski definition) is 4. The molecular formula is C33H44ClN7O4S2. The van der Waals surface area contributed by atoms with E-state index in [0.29, 0.717) is 16.5 Å². The maximum atomic E-state index is 14.6. The molecule has 0 radical (unpaired) electrons. The number of allylic oxidation sites excluding steroid dienone is 1. The second-order valence-corrected chi connectivity index (χ2v) is 14.7. The topological polar surface area (TPSA) is 144 Å². The number of carbonyl (C=O) groups is 3. The fourth-order valence-electron chi connectivity index (χ4n) is 6.49. The summed E-state index contributed by atoms with van der Waals surface area (Å²) in [5, 5.41) is 16.6. The molecule has 2 saturated heterocycles. The minimum absolute atomic E-state index is 0.00829. The number of amides is 3. The first kappa shape index (κ1) is 35.2.